The SMILES string of the molecule is C=CCc1cccc(OCOC)c1OCc1ccc(O[Si](C(C)C)(C(C)C)C(C)C)c(O[Si](C(C)C)(C(C)C)C(C)C)c1. The van der Waals surface area contributed by atoms with Gasteiger partial charge in [0, 0.05) is 12.7 Å². The number of rotatable bonds is 18. The highest BCUT2D eigenvalue weighted by Crippen LogP contribution is 2.48. The highest BCUT2D eigenvalue weighted by molar-refractivity contribution is 6.79. The zero-order valence-electron chi connectivity index (χ0n) is 29.4. The molecule has 0 spiro atoms. The van der Waals surface area contributed by atoms with Crippen LogP contribution in [0.25, 0.3) is 0 Å². The van der Waals surface area contributed by atoms with Gasteiger partial charge in [-0.05, 0) is 63.4 Å². The van der Waals surface area contributed by atoms with E-state index >= 15 is 0 Å². The molecule has 5 nitrogen and oxygen atoms in total. The Bertz CT molecular complexity index is 1110. The van der Waals surface area contributed by atoms with Gasteiger partial charge in [0.15, 0.2) is 18.3 Å². The lowest BCUT2D eigenvalue weighted by molar-refractivity contribution is 0.0483. The van der Waals surface area contributed by atoms with Crippen LogP contribution < -0.4 is 18.3 Å². The zero-order chi connectivity index (χ0) is 32.5. The molecule has 43 heavy (non-hydrogen) atoms. The molecule has 0 N–H and O–H groups in total. The minimum absolute atomic E-state index is 0.150. The third-order valence-electron chi connectivity index (χ3n) is 9.14. The molecular formula is C36H60O5Si2. The molecule has 0 amide bonds. The molecule has 2 aromatic rings. The average molecular weight is 629 g/mol. The van der Waals surface area contributed by atoms with E-state index in [1.165, 1.54) is 0 Å². The van der Waals surface area contributed by atoms with Gasteiger partial charge in [0.25, 0.3) is 16.6 Å². The van der Waals surface area contributed by atoms with Crippen molar-refractivity contribution in [2.24, 2.45) is 0 Å². The van der Waals surface area contributed by atoms with Crippen molar-refractivity contribution in [3.05, 3.63) is 60.2 Å². The topological polar surface area (TPSA) is 46.2 Å². The molecule has 0 aliphatic heterocycles. The van der Waals surface area contributed by atoms with Crippen molar-refractivity contribution >= 4 is 16.6 Å². The summed E-state index contributed by atoms with van der Waals surface area (Å²) < 4.78 is 32.1. The maximum Gasteiger partial charge on any atom is 0.258 e. The normalized spacial score (nSPS) is 12.6. The molecule has 0 heterocycles. The van der Waals surface area contributed by atoms with Gasteiger partial charge in [-0.1, -0.05) is 107 Å². The molecule has 0 saturated heterocycles. The molecule has 2 rings (SSSR count). The minimum atomic E-state index is -2.26. The molecule has 0 fully saturated rings. The van der Waals surface area contributed by atoms with Crippen molar-refractivity contribution in [2.75, 3.05) is 13.9 Å². The Labute approximate surface area is 265 Å². The van der Waals surface area contributed by atoms with Crippen LogP contribution >= 0.6 is 0 Å². The van der Waals surface area contributed by atoms with Crippen LogP contribution in [0.5, 0.6) is 23.0 Å². The van der Waals surface area contributed by atoms with Crippen molar-refractivity contribution < 1.29 is 23.1 Å². The monoisotopic (exact) mass is 628 g/mol. The largest absolute Gasteiger partial charge is 0.540 e. The molecule has 2 aromatic carbocycles. The minimum Gasteiger partial charge on any atom is -0.540 e. The van der Waals surface area contributed by atoms with Gasteiger partial charge in [0.05, 0.1) is 0 Å². The summed E-state index contributed by atoms with van der Waals surface area (Å²) in [7, 11) is -2.86. The van der Waals surface area contributed by atoms with Crippen molar-refractivity contribution in [3.8, 4) is 23.0 Å². The summed E-state index contributed by atoms with van der Waals surface area (Å²) in [5.41, 5.74) is 4.73. The third kappa shape index (κ3) is 8.28. The summed E-state index contributed by atoms with van der Waals surface area (Å²) in [5.74, 6) is 3.10. The smallest absolute Gasteiger partial charge is 0.258 e. The van der Waals surface area contributed by atoms with Crippen molar-refractivity contribution in [1.82, 2.24) is 0 Å². The van der Waals surface area contributed by atoms with E-state index in [-0.39, 0.29) is 6.79 Å². The fraction of sp³-hybridized carbons (Fsp3) is 0.611. The summed E-state index contributed by atoms with van der Waals surface area (Å²) in [6.45, 7) is 32.4. The Morgan fingerprint density at radius 1 is 0.651 bits per heavy atom. The van der Waals surface area contributed by atoms with E-state index in [1.54, 1.807) is 7.11 Å². The van der Waals surface area contributed by atoms with Gasteiger partial charge in [0.2, 0.25) is 0 Å². The first kappa shape index (κ1) is 37.0. The van der Waals surface area contributed by atoms with Gasteiger partial charge in [0.1, 0.15) is 18.1 Å². The Kier molecular flexibility index (Phi) is 13.9. The van der Waals surface area contributed by atoms with E-state index in [0.29, 0.717) is 57.8 Å². The fourth-order valence-corrected chi connectivity index (χ4v) is 17.8. The number of allylic oxidation sites excluding steroid dienone is 1. The maximum atomic E-state index is 7.36. The number of methoxy groups -OCH3 is 1. The van der Waals surface area contributed by atoms with Gasteiger partial charge in [-0.25, -0.2) is 0 Å². The molecule has 0 saturated carbocycles. The van der Waals surface area contributed by atoms with Gasteiger partial charge in [-0.3, -0.25) is 0 Å². The third-order valence-corrected chi connectivity index (χ3v) is 21.1. The average Bonchev–Trinajstić information content (AvgIpc) is 2.92. The number of para-hydroxylation sites is 1. The molecule has 7 heteroatoms. The molecule has 0 aliphatic rings. The molecular weight excluding hydrogens is 569 g/mol. The second-order valence-corrected chi connectivity index (χ2v) is 24.4. The first-order valence-electron chi connectivity index (χ1n) is 16.2. The van der Waals surface area contributed by atoms with Crippen LogP contribution in [-0.4, -0.2) is 30.5 Å². The standard InChI is InChI=1S/C36H60O5Si2/c1-15-17-32-18-16-19-34(39-24-37-14)36(32)38-23-31-20-21-33(40-42(25(2)3,26(4)5)27(6)7)35(22-31)41-43(28(8)9,29(10)11)30(12)13/h15-16,18-22,25-30H,1,17,23-24H2,2-14H3. The molecule has 0 bridgehead atoms. The summed E-state index contributed by atoms with van der Waals surface area (Å²) >= 11 is 0. The molecule has 0 aliphatic carbocycles. The Morgan fingerprint density at radius 2 is 1.16 bits per heavy atom. The summed E-state index contributed by atoms with van der Waals surface area (Å²) in [4.78, 5) is 0. The van der Waals surface area contributed by atoms with Gasteiger partial charge >= 0.3 is 0 Å². The first-order valence-corrected chi connectivity index (χ1v) is 20.4. The number of hydrogen-bond acceptors (Lipinski definition) is 5. The van der Waals surface area contributed by atoms with Crippen LogP contribution in [-0.2, 0) is 17.8 Å². The maximum absolute atomic E-state index is 7.36. The molecule has 0 unspecified atom stereocenters. The Balaban J connectivity index is 2.66. The zero-order valence-corrected chi connectivity index (χ0v) is 31.4. The second kappa shape index (κ2) is 16.2. The van der Waals surface area contributed by atoms with E-state index in [9.17, 15) is 0 Å². The van der Waals surface area contributed by atoms with Crippen LogP contribution in [0.4, 0.5) is 0 Å². The van der Waals surface area contributed by atoms with Crippen molar-refractivity contribution in [2.45, 2.75) is 129 Å². The Hall–Kier alpha value is -2.23. The first-order chi connectivity index (χ1) is 20.2. The number of ether oxygens (including phenoxy) is 3. The number of benzene rings is 2. The highest BCUT2D eigenvalue weighted by Gasteiger charge is 2.49. The molecule has 0 aromatic heterocycles. The van der Waals surface area contributed by atoms with E-state index in [4.69, 9.17) is 23.1 Å². The van der Waals surface area contributed by atoms with E-state index < -0.39 is 16.6 Å². The number of hydrogen-bond donors (Lipinski definition) is 0. The lowest BCUT2D eigenvalue weighted by Crippen LogP contribution is -2.52. The van der Waals surface area contributed by atoms with Crippen LogP contribution in [0.2, 0.25) is 33.2 Å². The van der Waals surface area contributed by atoms with Crippen LogP contribution in [0.15, 0.2) is 49.1 Å². The van der Waals surface area contributed by atoms with Gasteiger partial charge in [-0.2, -0.15) is 0 Å². The second-order valence-electron chi connectivity index (χ2n) is 13.7. The fourth-order valence-electron chi connectivity index (χ4n) is 7.33. The molecule has 242 valence electrons. The summed E-state index contributed by atoms with van der Waals surface area (Å²) in [6, 6.07) is 12.3. The molecule has 0 radical (unpaired) electrons. The van der Waals surface area contributed by atoms with Crippen LogP contribution in [0, 0.1) is 0 Å². The summed E-state index contributed by atoms with van der Waals surface area (Å²) in [5, 5.41) is 0. The quantitative estimate of drug-likeness (QED) is 0.0933. The lowest BCUT2D eigenvalue weighted by atomic mass is 10.1. The van der Waals surface area contributed by atoms with Gasteiger partial charge < -0.3 is 23.1 Å². The van der Waals surface area contributed by atoms with Gasteiger partial charge in [-0.15, -0.1) is 6.58 Å². The predicted molar refractivity (Wildman–Crippen MR) is 187 cm³/mol. The van der Waals surface area contributed by atoms with Crippen LogP contribution in [0.3, 0.4) is 0 Å². The van der Waals surface area contributed by atoms with E-state index in [2.05, 4.69) is 108 Å². The van der Waals surface area contributed by atoms with Crippen LogP contribution in [0.1, 0.15) is 94.2 Å². The van der Waals surface area contributed by atoms with Crippen molar-refractivity contribution in [1.29, 1.82) is 0 Å². The highest BCUT2D eigenvalue weighted by atomic mass is 28.4. The van der Waals surface area contributed by atoms with E-state index in [1.807, 2.05) is 24.3 Å². The summed E-state index contributed by atoms with van der Waals surface area (Å²) in [6.07, 6.45) is 2.56. The Morgan fingerprint density at radius 3 is 1.63 bits per heavy atom. The van der Waals surface area contributed by atoms with Crippen molar-refractivity contribution in [3.63, 3.8) is 0 Å². The lowest BCUT2D eigenvalue weighted by Gasteiger charge is -2.45. The predicted octanol–water partition coefficient (Wildman–Crippen LogP) is 11.1. The molecule has 0 atom stereocenters. The van der Waals surface area contributed by atoms with E-state index in [0.717, 1.165) is 22.6 Å².